The number of hydrogen-bond acceptors (Lipinski definition) is 10. The first-order valence-corrected chi connectivity index (χ1v) is 18.5. The summed E-state index contributed by atoms with van der Waals surface area (Å²) in [5.41, 5.74) is 2.99. The molecule has 3 heterocycles. The Morgan fingerprint density at radius 2 is 1.72 bits per heavy atom. The summed E-state index contributed by atoms with van der Waals surface area (Å²) in [6.45, 7) is 4.37. The molecule has 1 aromatic carbocycles. The lowest BCUT2D eigenvalue weighted by molar-refractivity contribution is -0.138. The van der Waals surface area contributed by atoms with E-state index in [1.165, 1.54) is 31.2 Å². The topological polar surface area (TPSA) is 159 Å². The van der Waals surface area contributed by atoms with E-state index in [-0.39, 0.29) is 6.42 Å². The van der Waals surface area contributed by atoms with Crippen molar-refractivity contribution >= 4 is 34.5 Å². The predicted octanol–water partition coefficient (Wildman–Crippen LogP) is 6.58. The van der Waals surface area contributed by atoms with E-state index < -0.39 is 18.0 Å². The maximum Gasteiger partial charge on any atom is 0.326 e. The third kappa shape index (κ3) is 13.4. The fourth-order valence-electron chi connectivity index (χ4n) is 6.39. The van der Waals surface area contributed by atoms with Crippen LogP contribution in [-0.2, 0) is 27.2 Å². The number of carboxylic acid groups (broad SMARTS) is 2. The molecule has 0 fully saturated rings. The van der Waals surface area contributed by atoms with E-state index >= 15 is 0 Å². The van der Waals surface area contributed by atoms with Crippen LogP contribution in [0.2, 0.25) is 0 Å². The highest BCUT2D eigenvalue weighted by molar-refractivity contribution is 5.90. The van der Waals surface area contributed by atoms with E-state index in [2.05, 4.69) is 31.6 Å². The number of nitrogens with one attached hydrogen (secondary N) is 2. The molecule has 1 aliphatic heterocycles. The number of aliphatic carboxylic acids is 2. The molecule has 0 saturated heterocycles. The summed E-state index contributed by atoms with van der Waals surface area (Å²) in [6, 6.07) is 8.92. The SMILES string of the molecule is COCCN(CCCCc1cc(OCCCCCCCCCCC(=O)O)c2c(n1)NCCC2)CC[C@H](Nc1ncnc2ccccc12)C(=O)O. The third-order valence-electron chi connectivity index (χ3n) is 9.23. The second kappa shape index (κ2) is 21.9. The van der Waals surface area contributed by atoms with E-state index in [1.54, 1.807) is 7.11 Å². The highest BCUT2D eigenvalue weighted by atomic mass is 16.5. The molecule has 0 saturated carbocycles. The van der Waals surface area contributed by atoms with Crippen LogP contribution in [0.4, 0.5) is 11.6 Å². The molecular formula is C38H56N6O6. The van der Waals surface area contributed by atoms with E-state index in [4.69, 9.17) is 19.6 Å². The van der Waals surface area contributed by atoms with Crippen LogP contribution in [0.15, 0.2) is 36.7 Å². The molecule has 12 nitrogen and oxygen atoms in total. The standard InChI is InChI=1S/C38H56N6O6/c1-49-26-24-44(23-20-33(38(47)48)43-36-30-16-9-10-18-32(30)40-28-41-36)22-12-11-15-29-27-34(31-17-14-21-39-37(31)42-29)50-25-13-7-5-3-2-4-6-8-19-35(45)46/h9-10,16,18,27-28,33H,2-8,11-15,17,19-26H2,1H3,(H,39,42)(H,45,46)(H,47,48)(H,40,41,43)/t33-/m0/s1. The number of carboxylic acids is 2. The molecule has 1 atom stereocenters. The summed E-state index contributed by atoms with van der Waals surface area (Å²) in [7, 11) is 1.69. The Bertz CT molecular complexity index is 1470. The normalized spacial score (nSPS) is 13.2. The molecule has 0 spiro atoms. The van der Waals surface area contributed by atoms with Crippen molar-refractivity contribution in [2.75, 3.05) is 57.1 Å². The second-order valence-corrected chi connectivity index (χ2v) is 13.1. The zero-order chi connectivity index (χ0) is 35.4. The number of aromatic nitrogens is 3. The Labute approximate surface area is 296 Å². The predicted molar refractivity (Wildman–Crippen MR) is 196 cm³/mol. The fraction of sp³-hybridized carbons (Fsp3) is 0.605. The molecule has 1 aliphatic rings. The van der Waals surface area contributed by atoms with Crippen LogP contribution in [0, 0.1) is 0 Å². The van der Waals surface area contributed by atoms with Gasteiger partial charge in [0, 0.05) is 55.9 Å². The summed E-state index contributed by atoms with van der Waals surface area (Å²) in [6.07, 6.45) is 15.5. The van der Waals surface area contributed by atoms with Gasteiger partial charge in [-0.1, -0.05) is 50.7 Å². The molecule has 3 aromatic rings. The molecule has 50 heavy (non-hydrogen) atoms. The first kappa shape index (κ1) is 38.8. The first-order valence-electron chi connectivity index (χ1n) is 18.5. The molecule has 2 aromatic heterocycles. The van der Waals surface area contributed by atoms with Gasteiger partial charge in [0.05, 0.1) is 18.7 Å². The number of aryl methyl sites for hydroxylation is 1. The van der Waals surface area contributed by atoms with Gasteiger partial charge in [0.1, 0.15) is 29.8 Å². The van der Waals surface area contributed by atoms with Crippen molar-refractivity contribution in [2.24, 2.45) is 0 Å². The average Bonchev–Trinajstić information content (AvgIpc) is 3.12. The first-order chi connectivity index (χ1) is 24.4. The molecule has 12 heteroatoms. The molecule has 0 aliphatic carbocycles. The molecule has 4 N–H and O–H groups in total. The van der Waals surface area contributed by atoms with Crippen molar-refractivity contribution in [3.63, 3.8) is 0 Å². The van der Waals surface area contributed by atoms with E-state index in [1.807, 2.05) is 24.3 Å². The minimum absolute atomic E-state index is 0.278. The van der Waals surface area contributed by atoms with Crippen molar-refractivity contribution in [1.82, 2.24) is 19.9 Å². The number of hydrogen-bond donors (Lipinski definition) is 4. The van der Waals surface area contributed by atoms with E-state index in [9.17, 15) is 14.7 Å². The largest absolute Gasteiger partial charge is 0.493 e. The third-order valence-corrected chi connectivity index (χ3v) is 9.23. The lowest BCUT2D eigenvalue weighted by Gasteiger charge is -2.24. The van der Waals surface area contributed by atoms with Gasteiger partial charge < -0.3 is 35.2 Å². The fourth-order valence-corrected chi connectivity index (χ4v) is 6.39. The molecule has 274 valence electrons. The lowest BCUT2D eigenvalue weighted by atomic mass is 10.0. The number of para-hydroxylation sites is 1. The van der Waals surface area contributed by atoms with Crippen LogP contribution in [0.25, 0.3) is 10.9 Å². The van der Waals surface area contributed by atoms with Crippen molar-refractivity contribution in [1.29, 1.82) is 0 Å². The van der Waals surface area contributed by atoms with Crippen LogP contribution in [0.3, 0.4) is 0 Å². The highest BCUT2D eigenvalue weighted by Gasteiger charge is 2.21. The quantitative estimate of drug-likeness (QED) is 0.0671. The van der Waals surface area contributed by atoms with Crippen LogP contribution >= 0.6 is 0 Å². The van der Waals surface area contributed by atoms with Crippen molar-refractivity contribution in [2.45, 2.75) is 102 Å². The van der Waals surface area contributed by atoms with E-state index in [0.717, 1.165) is 112 Å². The number of nitrogens with zero attached hydrogens (tertiary/aromatic N) is 4. The summed E-state index contributed by atoms with van der Waals surface area (Å²) < 4.78 is 11.7. The molecule has 0 unspecified atom stereocenters. The molecule has 4 rings (SSSR count). The van der Waals surface area contributed by atoms with Crippen molar-refractivity contribution in [3.8, 4) is 5.75 Å². The molecular weight excluding hydrogens is 636 g/mol. The molecule has 0 amide bonds. The number of fused-ring (bicyclic) bond motifs is 2. The number of pyridine rings is 1. The maximum absolute atomic E-state index is 12.2. The summed E-state index contributed by atoms with van der Waals surface area (Å²) in [5, 5.41) is 26.2. The van der Waals surface area contributed by atoms with Gasteiger partial charge in [-0.05, 0) is 70.0 Å². The Hall–Kier alpha value is -4.03. The van der Waals surface area contributed by atoms with Gasteiger partial charge in [-0.25, -0.2) is 19.7 Å². The van der Waals surface area contributed by atoms with Gasteiger partial charge in [0.2, 0.25) is 0 Å². The number of rotatable bonds is 26. The van der Waals surface area contributed by atoms with Crippen molar-refractivity contribution in [3.05, 3.63) is 47.9 Å². The van der Waals surface area contributed by atoms with Gasteiger partial charge in [0.15, 0.2) is 0 Å². The summed E-state index contributed by atoms with van der Waals surface area (Å²) in [4.78, 5) is 38.7. The Balaban J connectivity index is 1.22. The lowest BCUT2D eigenvalue weighted by Crippen LogP contribution is -2.37. The van der Waals surface area contributed by atoms with Crippen LogP contribution < -0.4 is 15.4 Å². The van der Waals surface area contributed by atoms with Crippen molar-refractivity contribution < 1.29 is 29.3 Å². The monoisotopic (exact) mass is 692 g/mol. The Morgan fingerprint density at radius 3 is 2.50 bits per heavy atom. The Kier molecular flexibility index (Phi) is 17.0. The number of benzene rings is 1. The smallest absolute Gasteiger partial charge is 0.326 e. The highest BCUT2D eigenvalue weighted by Crippen LogP contribution is 2.31. The number of anilines is 2. The van der Waals surface area contributed by atoms with Gasteiger partial charge in [-0.2, -0.15) is 0 Å². The minimum Gasteiger partial charge on any atom is -0.493 e. The van der Waals surface area contributed by atoms with Crippen LogP contribution in [0.1, 0.15) is 94.7 Å². The average molecular weight is 693 g/mol. The van der Waals surface area contributed by atoms with Gasteiger partial charge in [-0.3, -0.25) is 4.79 Å². The summed E-state index contributed by atoms with van der Waals surface area (Å²) in [5.74, 6) is 0.831. The van der Waals surface area contributed by atoms with Crippen LogP contribution in [0.5, 0.6) is 5.75 Å². The van der Waals surface area contributed by atoms with Gasteiger partial charge in [0.25, 0.3) is 0 Å². The number of methoxy groups -OCH3 is 1. The number of ether oxygens (including phenoxy) is 2. The number of carbonyl (C=O) groups is 2. The van der Waals surface area contributed by atoms with Crippen LogP contribution in [-0.4, -0.2) is 94.5 Å². The molecule has 0 bridgehead atoms. The van der Waals surface area contributed by atoms with E-state index in [0.29, 0.717) is 32.0 Å². The second-order valence-electron chi connectivity index (χ2n) is 13.1. The zero-order valence-corrected chi connectivity index (χ0v) is 29.7. The van der Waals surface area contributed by atoms with Gasteiger partial charge in [-0.15, -0.1) is 0 Å². The number of unbranched alkanes of at least 4 members (excludes halogenated alkanes) is 8. The summed E-state index contributed by atoms with van der Waals surface area (Å²) >= 11 is 0. The minimum atomic E-state index is -0.911. The zero-order valence-electron chi connectivity index (χ0n) is 29.7. The Morgan fingerprint density at radius 1 is 0.940 bits per heavy atom. The molecule has 0 radical (unpaired) electrons. The maximum atomic E-state index is 12.2. The van der Waals surface area contributed by atoms with Gasteiger partial charge >= 0.3 is 11.9 Å².